The van der Waals surface area contributed by atoms with Gasteiger partial charge in [0.05, 0.1) is 6.26 Å². The van der Waals surface area contributed by atoms with Crippen molar-refractivity contribution in [3.63, 3.8) is 0 Å². The van der Waals surface area contributed by atoms with Crippen LogP contribution >= 0.6 is 0 Å². The molecule has 0 saturated heterocycles. The second-order valence-corrected chi connectivity index (χ2v) is 6.38. The molecule has 0 spiro atoms. The van der Waals surface area contributed by atoms with E-state index in [1.807, 2.05) is 0 Å². The number of nitrogens with one attached hydrogen (secondary N) is 1. The molecule has 1 atom stereocenters. The van der Waals surface area contributed by atoms with Gasteiger partial charge in [-0.15, -0.1) is 0 Å². The summed E-state index contributed by atoms with van der Waals surface area (Å²) in [5, 5.41) is 9.04. The van der Waals surface area contributed by atoms with Crippen LogP contribution in [0.15, 0.2) is 24.3 Å². The first-order valence-electron chi connectivity index (χ1n) is 6.23. The Morgan fingerprint density at radius 3 is 2.19 bits per heavy atom. The number of anilines is 1. The van der Waals surface area contributed by atoms with Crippen molar-refractivity contribution in [2.75, 3.05) is 18.0 Å². The van der Waals surface area contributed by atoms with Crippen LogP contribution in [0.3, 0.4) is 0 Å². The van der Waals surface area contributed by atoms with Gasteiger partial charge in [0.25, 0.3) is 5.91 Å². The summed E-state index contributed by atoms with van der Waals surface area (Å²) in [5.41, 5.74) is 0.623. The van der Waals surface area contributed by atoms with Crippen LogP contribution in [0, 0.1) is 0 Å². The van der Waals surface area contributed by atoms with Crippen LogP contribution in [-0.4, -0.2) is 49.6 Å². The Morgan fingerprint density at radius 2 is 1.81 bits per heavy atom. The Morgan fingerprint density at radius 1 is 1.29 bits per heavy atom. The minimum Gasteiger partial charge on any atom is -0.480 e. The summed E-state index contributed by atoms with van der Waals surface area (Å²) in [6.07, 6.45) is 1.32. The number of likely N-dealkylation sites (N-methyl/N-ethyl adjacent to an activating group) is 1. The zero-order chi connectivity index (χ0) is 16.2. The van der Waals surface area contributed by atoms with Crippen molar-refractivity contribution >= 4 is 27.6 Å². The van der Waals surface area contributed by atoms with Gasteiger partial charge in [-0.05, 0) is 30.7 Å². The van der Waals surface area contributed by atoms with Crippen molar-refractivity contribution < 1.29 is 23.1 Å². The van der Waals surface area contributed by atoms with Crippen molar-refractivity contribution in [2.24, 2.45) is 0 Å². The van der Waals surface area contributed by atoms with Crippen molar-refractivity contribution in [2.45, 2.75) is 19.4 Å². The molecule has 8 heteroatoms. The molecule has 0 radical (unpaired) electrons. The molecule has 1 aromatic carbocycles. The molecule has 1 amide bonds. The molecular weight excluding hydrogens is 296 g/mol. The number of amides is 1. The zero-order valence-electron chi connectivity index (χ0n) is 12.0. The van der Waals surface area contributed by atoms with Gasteiger partial charge in [0, 0.05) is 18.3 Å². The summed E-state index contributed by atoms with van der Waals surface area (Å²) in [5.74, 6) is -1.50. The highest BCUT2D eigenvalue weighted by Gasteiger charge is 2.25. The van der Waals surface area contributed by atoms with Gasteiger partial charge < -0.3 is 10.0 Å². The number of aliphatic carboxylic acids is 1. The smallest absolute Gasteiger partial charge is 0.326 e. The van der Waals surface area contributed by atoms with E-state index in [4.69, 9.17) is 5.11 Å². The monoisotopic (exact) mass is 314 g/mol. The fourth-order valence-electron chi connectivity index (χ4n) is 1.85. The number of carboxylic acids is 1. The third-order valence-electron chi connectivity index (χ3n) is 2.89. The molecular formula is C13H18N2O5S. The molecule has 0 aliphatic heterocycles. The van der Waals surface area contributed by atoms with E-state index in [1.165, 1.54) is 31.3 Å². The van der Waals surface area contributed by atoms with Crippen LogP contribution in [0.25, 0.3) is 0 Å². The van der Waals surface area contributed by atoms with Crippen molar-refractivity contribution in [3.8, 4) is 0 Å². The molecule has 0 aliphatic carbocycles. The molecule has 0 aromatic heterocycles. The van der Waals surface area contributed by atoms with Crippen LogP contribution in [0.4, 0.5) is 5.69 Å². The van der Waals surface area contributed by atoms with Gasteiger partial charge >= 0.3 is 5.97 Å². The second-order valence-electron chi connectivity index (χ2n) is 4.63. The minimum atomic E-state index is -3.38. The number of hydrogen-bond donors (Lipinski definition) is 2. The molecule has 2 N–H and O–H groups in total. The number of carbonyl (C=O) groups excluding carboxylic acids is 1. The number of benzene rings is 1. The summed E-state index contributed by atoms with van der Waals surface area (Å²) in [6.45, 7) is 1.68. The molecule has 0 saturated carbocycles. The fraction of sp³-hybridized carbons (Fsp3) is 0.385. The molecule has 0 aliphatic rings. The van der Waals surface area contributed by atoms with E-state index < -0.39 is 27.9 Å². The van der Waals surface area contributed by atoms with E-state index in [-0.39, 0.29) is 5.56 Å². The SMILES string of the molecule is CCC(C(=O)O)N(C)C(=O)c1ccc(NS(C)(=O)=O)cc1. The molecule has 0 fully saturated rings. The van der Waals surface area contributed by atoms with Crippen molar-refractivity contribution in [1.29, 1.82) is 0 Å². The molecule has 0 heterocycles. The van der Waals surface area contributed by atoms with Gasteiger partial charge in [-0.3, -0.25) is 9.52 Å². The first-order chi connectivity index (χ1) is 9.65. The van der Waals surface area contributed by atoms with Gasteiger partial charge in [0.15, 0.2) is 0 Å². The molecule has 21 heavy (non-hydrogen) atoms. The van der Waals surface area contributed by atoms with Crippen molar-refractivity contribution in [3.05, 3.63) is 29.8 Å². The summed E-state index contributed by atoms with van der Waals surface area (Å²) in [7, 11) is -1.95. The van der Waals surface area contributed by atoms with Gasteiger partial charge in [-0.25, -0.2) is 13.2 Å². The van der Waals surface area contributed by atoms with Crippen LogP contribution < -0.4 is 4.72 Å². The third kappa shape index (κ3) is 4.75. The highest BCUT2D eigenvalue weighted by atomic mass is 32.2. The molecule has 1 rings (SSSR count). The predicted octanol–water partition coefficient (Wildman–Crippen LogP) is 0.993. The summed E-state index contributed by atoms with van der Waals surface area (Å²) in [6, 6.07) is 4.89. The summed E-state index contributed by atoms with van der Waals surface area (Å²) < 4.78 is 24.4. The maximum atomic E-state index is 12.2. The Balaban J connectivity index is 2.91. The highest BCUT2D eigenvalue weighted by molar-refractivity contribution is 7.92. The Bertz CT molecular complexity index is 624. The quantitative estimate of drug-likeness (QED) is 0.815. The lowest BCUT2D eigenvalue weighted by atomic mass is 10.1. The number of rotatable bonds is 6. The van der Waals surface area contributed by atoms with Gasteiger partial charge in [-0.2, -0.15) is 0 Å². The first-order valence-corrected chi connectivity index (χ1v) is 8.12. The number of sulfonamides is 1. The average Bonchev–Trinajstić information content (AvgIpc) is 2.37. The third-order valence-corrected chi connectivity index (χ3v) is 3.50. The molecule has 7 nitrogen and oxygen atoms in total. The van der Waals surface area contributed by atoms with Gasteiger partial charge in [-0.1, -0.05) is 6.92 Å². The van der Waals surface area contributed by atoms with Crippen LogP contribution in [0.2, 0.25) is 0 Å². The van der Waals surface area contributed by atoms with E-state index in [2.05, 4.69) is 4.72 Å². The Labute approximate surface area is 123 Å². The van der Waals surface area contributed by atoms with Crippen LogP contribution in [-0.2, 0) is 14.8 Å². The van der Waals surface area contributed by atoms with Gasteiger partial charge in [0.2, 0.25) is 10.0 Å². The lowest BCUT2D eigenvalue weighted by Gasteiger charge is -2.23. The second kappa shape index (κ2) is 6.57. The lowest BCUT2D eigenvalue weighted by Crippen LogP contribution is -2.41. The van der Waals surface area contributed by atoms with Crippen molar-refractivity contribution in [1.82, 2.24) is 4.90 Å². The zero-order valence-corrected chi connectivity index (χ0v) is 12.8. The maximum Gasteiger partial charge on any atom is 0.326 e. The molecule has 116 valence electrons. The standard InChI is InChI=1S/C13H18N2O5S/c1-4-11(13(17)18)15(2)12(16)9-5-7-10(8-6-9)14-21(3,19)20/h5-8,11,14H,4H2,1-3H3,(H,17,18). The normalized spacial score (nSPS) is 12.5. The largest absolute Gasteiger partial charge is 0.480 e. The molecule has 0 bridgehead atoms. The predicted molar refractivity (Wildman–Crippen MR) is 78.7 cm³/mol. The number of nitrogens with zero attached hydrogens (tertiary/aromatic N) is 1. The topological polar surface area (TPSA) is 104 Å². The van der Waals surface area contributed by atoms with E-state index >= 15 is 0 Å². The Hall–Kier alpha value is -2.09. The van der Waals surface area contributed by atoms with E-state index in [9.17, 15) is 18.0 Å². The Kier molecular flexibility index (Phi) is 5.31. The number of carboxylic acid groups (broad SMARTS) is 1. The van der Waals surface area contributed by atoms with Crippen LogP contribution in [0.5, 0.6) is 0 Å². The summed E-state index contributed by atoms with van der Waals surface area (Å²) >= 11 is 0. The molecule has 1 unspecified atom stereocenters. The van der Waals surface area contributed by atoms with Gasteiger partial charge in [0.1, 0.15) is 6.04 Å². The summed E-state index contributed by atoms with van der Waals surface area (Å²) in [4.78, 5) is 24.4. The highest BCUT2D eigenvalue weighted by Crippen LogP contribution is 2.14. The van der Waals surface area contributed by atoms with E-state index in [0.29, 0.717) is 12.1 Å². The minimum absolute atomic E-state index is 0.288. The average molecular weight is 314 g/mol. The van der Waals surface area contributed by atoms with E-state index in [1.54, 1.807) is 6.92 Å². The number of hydrogen-bond acceptors (Lipinski definition) is 4. The lowest BCUT2D eigenvalue weighted by molar-refractivity contribution is -0.142. The van der Waals surface area contributed by atoms with Crippen LogP contribution in [0.1, 0.15) is 23.7 Å². The first kappa shape index (κ1) is 17.0. The molecule has 1 aromatic rings. The van der Waals surface area contributed by atoms with E-state index in [0.717, 1.165) is 11.2 Å². The fourth-order valence-corrected chi connectivity index (χ4v) is 2.42. The number of carbonyl (C=O) groups is 2. The maximum absolute atomic E-state index is 12.2.